The zero-order valence-corrected chi connectivity index (χ0v) is 18.8. The molecule has 4 heterocycles. The van der Waals surface area contributed by atoms with Crippen molar-refractivity contribution in [2.45, 2.75) is 25.2 Å². The second-order valence-electron chi connectivity index (χ2n) is 8.13. The number of carbonyl (C=O) groups is 1. The number of anilines is 1. The van der Waals surface area contributed by atoms with Crippen molar-refractivity contribution >= 4 is 17.5 Å². The molecular formula is C24H23FN6O4. The van der Waals surface area contributed by atoms with E-state index in [-0.39, 0.29) is 12.6 Å². The molecule has 2 aliphatic heterocycles. The lowest BCUT2D eigenvalue weighted by atomic mass is 10.0. The quantitative estimate of drug-likeness (QED) is 0.344. The van der Waals surface area contributed by atoms with Crippen molar-refractivity contribution in [1.29, 1.82) is 0 Å². The third-order valence-electron chi connectivity index (χ3n) is 5.64. The van der Waals surface area contributed by atoms with Crippen LogP contribution in [0.4, 0.5) is 14.9 Å². The molecule has 1 amide bonds. The average molecular weight is 478 g/mol. The number of ether oxygens (including phenoxy) is 2. The van der Waals surface area contributed by atoms with E-state index in [1.165, 1.54) is 11.0 Å². The minimum absolute atomic E-state index is 0.162. The van der Waals surface area contributed by atoms with Crippen molar-refractivity contribution in [2.24, 2.45) is 5.16 Å². The normalized spacial score (nSPS) is 19.4. The van der Waals surface area contributed by atoms with Crippen LogP contribution in [0.5, 0.6) is 0 Å². The molecule has 1 fully saturated rings. The number of nitrogens with zero attached hydrogens (tertiary/aromatic N) is 6. The number of carbonyl (C=O) groups excluding carboxylic acids is 1. The number of hydrogen-bond acceptors (Lipinski definition) is 8. The molecule has 35 heavy (non-hydrogen) atoms. The summed E-state index contributed by atoms with van der Waals surface area (Å²) >= 11 is 0. The van der Waals surface area contributed by atoms with Gasteiger partial charge in [-0.2, -0.15) is 0 Å². The number of rotatable bonds is 9. The minimum Gasteiger partial charge on any atom is -0.442 e. The van der Waals surface area contributed by atoms with Gasteiger partial charge in [-0.25, -0.2) is 13.9 Å². The van der Waals surface area contributed by atoms with Crippen LogP contribution in [-0.2, 0) is 20.9 Å². The number of cyclic esters (lactones) is 1. The fourth-order valence-electron chi connectivity index (χ4n) is 3.95. The molecule has 2 atom stereocenters. The van der Waals surface area contributed by atoms with E-state index in [1.807, 2.05) is 0 Å². The van der Waals surface area contributed by atoms with Crippen molar-refractivity contribution in [3.8, 4) is 11.1 Å². The van der Waals surface area contributed by atoms with E-state index in [2.05, 4.69) is 27.0 Å². The number of hydrogen-bond donors (Lipinski definition) is 0. The molecule has 5 rings (SSSR count). The molecule has 0 N–H and O–H groups in total. The number of aromatic nitrogens is 4. The molecule has 3 aromatic rings. The maximum atomic E-state index is 15.0. The summed E-state index contributed by atoms with van der Waals surface area (Å²) in [6.45, 7) is 5.15. The molecule has 0 radical (unpaired) electrons. The third kappa shape index (κ3) is 5.04. The van der Waals surface area contributed by atoms with Crippen molar-refractivity contribution in [3.63, 3.8) is 0 Å². The lowest BCUT2D eigenvalue weighted by molar-refractivity contribution is 0.0111. The molecule has 11 heteroatoms. The monoisotopic (exact) mass is 478 g/mol. The predicted octanol–water partition coefficient (Wildman–Crippen LogP) is 3.20. The van der Waals surface area contributed by atoms with Crippen molar-refractivity contribution in [1.82, 2.24) is 20.0 Å². The SMILES string of the molecule is C=CCOC[C@@H]1CC(c2ccc(-c3ccc(N4C[C@H](Cn5ccnn5)OC4=O)cc3F)cn2)=NO1. The first-order chi connectivity index (χ1) is 17.1. The van der Waals surface area contributed by atoms with Gasteiger partial charge in [0.05, 0.1) is 43.9 Å². The maximum Gasteiger partial charge on any atom is 0.414 e. The Kier molecular flexibility index (Phi) is 6.49. The number of halogens is 1. The van der Waals surface area contributed by atoms with E-state index in [4.69, 9.17) is 14.3 Å². The van der Waals surface area contributed by atoms with Crippen LogP contribution < -0.4 is 4.90 Å². The predicted molar refractivity (Wildman–Crippen MR) is 124 cm³/mol. The molecule has 0 bridgehead atoms. The van der Waals surface area contributed by atoms with Crippen LogP contribution in [0.3, 0.4) is 0 Å². The number of amides is 1. The summed E-state index contributed by atoms with van der Waals surface area (Å²) in [5.41, 5.74) is 2.78. The molecule has 1 saturated heterocycles. The van der Waals surface area contributed by atoms with Gasteiger partial charge in [-0.15, -0.1) is 11.7 Å². The van der Waals surface area contributed by atoms with E-state index in [0.29, 0.717) is 54.4 Å². The van der Waals surface area contributed by atoms with E-state index in [0.717, 1.165) is 0 Å². The topological polar surface area (TPSA) is 104 Å². The molecule has 180 valence electrons. The lowest BCUT2D eigenvalue weighted by Crippen LogP contribution is -2.26. The summed E-state index contributed by atoms with van der Waals surface area (Å²) in [6.07, 6.45) is 6.00. The van der Waals surface area contributed by atoms with Gasteiger partial charge < -0.3 is 14.3 Å². The van der Waals surface area contributed by atoms with Crippen LogP contribution in [0.25, 0.3) is 11.1 Å². The van der Waals surface area contributed by atoms with E-state index >= 15 is 4.39 Å². The van der Waals surface area contributed by atoms with Gasteiger partial charge in [0.15, 0.2) is 6.10 Å². The van der Waals surface area contributed by atoms with Gasteiger partial charge in [-0.3, -0.25) is 9.88 Å². The molecule has 0 saturated carbocycles. The molecule has 0 spiro atoms. The van der Waals surface area contributed by atoms with Crippen molar-refractivity contribution < 1.29 is 23.5 Å². The van der Waals surface area contributed by atoms with Gasteiger partial charge in [-0.1, -0.05) is 22.5 Å². The molecule has 2 aliphatic rings. The van der Waals surface area contributed by atoms with E-state index < -0.39 is 18.0 Å². The molecule has 0 unspecified atom stereocenters. The van der Waals surface area contributed by atoms with Crippen LogP contribution in [-0.4, -0.2) is 63.7 Å². The van der Waals surface area contributed by atoms with E-state index in [9.17, 15) is 4.79 Å². The second kappa shape index (κ2) is 10.0. The van der Waals surface area contributed by atoms with Gasteiger partial charge in [0.1, 0.15) is 17.6 Å². The Hall–Kier alpha value is -4.12. The zero-order chi connectivity index (χ0) is 24.2. The Labute approximate surface area is 200 Å². The lowest BCUT2D eigenvalue weighted by Gasteiger charge is -2.14. The standard InChI is InChI=1S/C24H23FN6O4/c1-2-9-33-15-18-11-23(28-35-18)22-6-3-16(12-26-22)20-5-4-17(10-21(20)25)31-14-19(34-24(31)32)13-30-8-7-27-29-30/h2-8,10,12,18-19H,1,9,11,13-15H2/t18-,19-/m0/s1. The third-order valence-corrected chi connectivity index (χ3v) is 5.64. The molecule has 2 aromatic heterocycles. The Morgan fingerprint density at radius 2 is 2.17 bits per heavy atom. The largest absolute Gasteiger partial charge is 0.442 e. The molecule has 10 nitrogen and oxygen atoms in total. The fraction of sp³-hybridized carbons (Fsp3) is 0.292. The van der Waals surface area contributed by atoms with Gasteiger partial charge >= 0.3 is 6.09 Å². The van der Waals surface area contributed by atoms with Crippen LogP contribution in [0.15, 0.2) is 66.7 Å². The van der Waals surface area contributed by atoms with Crippen LogP contribution in [0, 0.1) is 5.82 Å². The first-order valence-electron chi connectivity index (χ1n) is 11.1. The van der Waals surface area contributed by atoms with E-state index in [1.54, 1.807) is 53.6 Å². The number of benzene rings is 1. The summed E-state index contributed by atoms with van der Waals surface area (Å²) in [4.78, 5) is 23.6. The number of oxime groups is 1. The highest BCUT2D eigenvalue weighted by Crippen LogP contribution is 2.29. The molecular weight excluding hydrogens is 455 g/mol. The summed E-state index contributed by atoms with van der Waals surface area (Å²) in [5.74, 6) is -0.467. The van der Waals surface area contributed by atoms with Crippen LogP contribution in [0.2, 0.25) is 0 Å². The fourth-order valence-corrected chi connectivity index (χ4v) is 3.95. The Balaban J connectivity index is 1.23. The highest BCUT2D eigenvalue weighted by Gasteiger charge is 2.33. The van der Waals surface area contributed by atoms with Gasteiger partial charge in [-0.05, 0) is 24.3 Å². The van der Waals surface area contributed by atoms with Crippen molar-refractivity contribution in [3.05, 3.63) is 73.1 Å². The average Bonchev–Trinajstić information content (AvgIpc) is 3.62. The zero-order valence-electron chi connectivity index (χ0n) is 18.8. The summed E-state index contributed by atoms with van der Waals surface area (Å²) in [7, 11) is 0. The van der Waals surface area contributed by atoms with Crippen LogP contribution >= 0.6 is 0 Å². The van der Waals surface area contributed by atoms with Gasteiger partial charge in [0.2, 0.25) is 0 Å². The molecule has 1 aromatic carbocycles. The first kappa shape index (κ1) is 22.7. The smallest absolute Gasteiger partial charge is 0.414 e. The second-order valence-corrected chi connectivity index (χ2v) is 8.13. The Morgan fingerprint density at radius 3 is 2.91 bits per heavy atom. The molecule has 0 aliphatic carbocycles. The highest BCUT2D eigenvalue weighted by atomic mass is 19.1. The number of pyridine rings is 1. The van der Waals surface area contributed by atoms with Gasteiger partial charge in [0, 0.05) is 29.9 Å². The van der Waals surface area contributed by atoms with Crippen molar-refractivity contribution in [2.75, 3.05) is 24.7 Å². The summed E-state index contributed by atoms with van der Waals surface area (Å²) in [6, 6.07) is 8.20. The highest BCUT2D eigenvalue weighted by molar-refractivity contribution is 5.99. The summed E-state index contributed by atoms with van der Waals surface area (Å²) in [5, 5.41) is 11.7. The maximum absolute atomic E-state index is 15.0. The Morgan fingerprint density at radius 1 is 1.26 bits per heavy atom. The summed E-state index contributed by atoms with van der Waals surface area (Å²) < 4.78 is 27.4. The minimum atomic E-state index is -0.527. The van der Waals surface area contributed by atoms with Gasteiger partial charge in [0.25, 0.3) is 0 Å². The van der Waals surface area contributed by atoms with Crippen LogP contribution in [0.1, 0.15) is 12.1 Å². The Bertz CT molecular complexity index is 1230. The first-order valence-corrected chi connectivity index (χ1v) is 11.1.